The number of benzene rings is 1. The Morgan fingerprint density at radius 1 is 1.39 bits per heavy atom. The van der Waals surface area contributed by atoms with Crippen LogP contribution in [0.1, 0.15) is 19.2 Å². The van der Waals surface area contributed by atoms with E-state index >= 15 is 0 Å². The summed E-state index contributed by atoms with van der Waals surface area (Å²) in [5.74, 6) is -0.601. The summed E-state index contributed by atoms with van der Waals surface area (Å²) < 4.78 is 13.6. The first kappa shape index (κ1) is 12.3. The number of aromatic hydroxyl groups is 1. The third kappa shape index (κ3) is 2.25. The lowest BCUT2D eigenvalue weighted by Gasteiger charge is -2.06. The van der Waals surface area contributed by atoms with Crippen molar-refractivity contribution in [3.05, 3.63) is 46.3 Å². The van der Waals surface area contributed by atoms with E-state index in [1.807, 2.05) is 6.92 Å². The zero-order chi connectivity index (χ0) is 13.1. The maximum absolute atomic E-state index is 13.6. The largest absolute Gasteiger partial charge is 0.493 e. The van der Waals surface area contributed by atoms with E-state index in [4.69, 9.17) is 0 Å². The predicted molar refractivity (Wildman–Crippen MR) is 65.9 cm³/mol. The second kappa shape index (κ2) is 5.00. The van der Waals surface area contributed by atoms with Crippen molar-refractivity contribution in [2.75, 3.05) is 0 Å². The van der Waals surface area contributed by atoms with Gasteiger partial charge in [0.25, 0.3) is 5.56 Å². The Labute approximate surface area is 103 Å². The highest BCUT2D eigenvalue weighted by Gasteiger charge is 2.15. The number of aryl methyl sites for hydroxylation is 1. The van der Waals surface area contributed by atoms with Crippen LogP contribution in [0.5, 0.6) is 5.88 Å². The van der Waals surface area contributed by atoms with Crippen LogP contribution in [0.15, 0.2) is 29.1 Å². The Kier molecular flexibility index (Phi) is 3.41. The van der Waals surface area contributed by atoms with E-state index < -0.39 is 17.3 Å². The Balaban J connectivity index is 2.60. The molecule has 0 aliphatic rings. The van der Waals surface area contributed by atoms with E-state index in [9.17, 15) is 14.3 Å². The molecule has 0 spiro atoms. The topological polar surface area (TPSA) is 66.0 Å². The molecule has 4 nitrogen and oxygen atoms in total. The summed E-state index contributed by atoms with van der Waals surface area (Å²) in [4.78, 5) is 18.3. The summed E-state index contributed by atoms with van der Waals surface area (Å²) in [5.41, 5.74) is -0.615. The number of nitrogens with one attached hydrogen (secondary N) is 1. The number of H-pyrrole nitrogens is 1. The van der Waals surface area contributed by atoms with E-state index in [2.05, 4.69) is 9.97 Å². The molecule has 2 N–H and O–H groups in total. The van der Waals surface area contributed by atoms with Crippen LogP contribution in [0.3, 0.4) is 0 Å². The van der Waals surface area contributed by atoms with E-state index in [1.165, 1.54) is 18.2 Å². The Morgan fingerprint density at radius 2 is 2.11 bits per heavy atom. The van der Waals surface area contributed by atoms with Crippen LogP contribution in [0.2, 0.25) is 0 Å². The number of aromatic amines is 1. The second-order valence-electron chi connectivity index (χ2n) is 3.94. The van der Waals surface area contributed by atoms with Gasteiger partial charge in [-0.25, -0.2) is 4.39 Å². The standard InChI is InChI=1S/C13H13FN2O2/c1-2-5-10-15-12(17)11(13(18)16-10)8-6-3-4-7-9(8)14/h3-4,6-7H,2,5H2,1H3,(H2,15,16,17,18). The van der Waals surface area contributed by atoms with Crippen molar-refractivity contribution in [1.82, 2.24) is 9.97 Å². The lowest BCUT2D eigenvalue weighted by atomic mass is 10.1. The van der Waals surface area contributed by atoms with Gasteiger partial charge in [-0.15, -0.1) is 0 Å². The summed E-state index contributed by atoms with van der Waals surface area (Å²) >= 11 is 0. The lowest BCUT2D eigenvalue weighted by molar-refractivity contribution is 0.449. The normalized spacial score (nSPS) is 10.6. The highest BCUT2D eigenvalue weighted by atomic mass is 19.1. The van der Waals surface area contributed by atoms with Gasteiger partial charge in [0.05, 0.1) is 0 Å². The van der Waals surface area contributed by atoms with Crippen molar-refractivity contribution in [3.8, 4) is 17.0 Å². The van der Waals surface area contributed by atoms with Gasteiger partial charge in [0.15, 0.2) is 0 Å². The fourth-order valence-corrected chi connectivity index (χ4v) is 1.77. The number of rotatable bonds is 3. The molecule has 0 aliphatic heterocycles. The predicted octanol–water partition coefficient (Wildman–Crippen LogP) is 2.23. The third-order valence-electron chi connectivity index (χ3n) is 2.58. The van der Waals surface area contributed by atoms with Crippen LogP contribution in [0, 0.1) is 5.82 Å². The molecule has 0 saturated heterocycles. The van der Waals surface area contributed by atoms with E-state index in [0.717, 1.165) is 6.42 Å². The van der Waals surface area contributed by atoms with Crippen LogP contribution in [-0.2, 0) is 6.42 Å². The van der Waals surface area contributed by atoms with Gasteiger partial charge in [-0.3, -0.25) is 4.79 Å². The number of halogens is 1. The molecule has 0 unspecified atom stereocenters. The minimum Gasteiger partial charge on any atom is -0.493 e. The van der Waals surface area contributed by atoms with Crippen molar-refractivity contribution < 1.29 is 9.50 Å². The minimum atomic E-state index is -0.566. The van der Waals surface area contributed by atoms with Crippen LogP contribution in [0.25, 0.3) is 11.1 Å². The van der Waals surface area contributed by atoms with E-state index in [0.29, 0.717) is 12.2 Å². The van der Waals surface area contributed by atoms with Gasteiger partial charge >= 0.3 is 0 Å². The smallest absolute Gasteiger partial charge is 0.262 e. The maximum atomic E-state index is 13.6. The maximum Gasteiger partial charge on any atom is 0.262 e. The summed E-state index contributed by atoms with van der Waals surface area (Å²) in [5, 5.41) is 9.78. The molecule has 0 bridgehead atoms. The number of nitrogens with zero attached hydrogens (tertiary/aromatic N) is 1. The first-order chi connectivity index (χ1) is 8.63. The molecule has 2 aromatic rings. The average Bonchev–Trinajstić information content (AvgIpc) is 2.31. The van der Waals surface area contributed by atoms with E-state index in [-0.39, 0.29) is 11.1 Å². The van der Waals surface area contributed by atoms with Crippen molar-refractivity contribution in [1.29, 1.82) is 0 Å². The molecular weight excluding hydrogens is 235 g/mol. The molecule has 0 fully saturated rings. The monoisotopic (exact) mass is 248 g/mol. The van der Waals surface area contributed by atoms with Crippen LogP contribution in [-0.4, -0.2) is 15.1 Å². The van der Waals surface area contributed by atoms with E-state index in [1.54, 1.807) is 6.07 Å². The molecule has 0 aliphatic carbocycles. The summed E-state index contributed by atoms with van der Waals surface area (Å²) in [6.45, 7) is 1.93. The molecular formula is C13H13FN2O2. The molecule has 2 rings (SSSR count). The summed E-state index contributed by atoms with van der Waals surface area (Å²) in [6, 6.07) is 5.77. The van der Waals surface area contributed by atoms with Crippen LogP contribution in [0.4, 0.5) is 4.39 Å². The lowest BCUT2D eigenvalue weighted by Crippen LogP contribution is -2.14. The van der Waals surface area contributed by atoms with Gasteiger partial charge in [-0.2, -0.15) is 4.98 Å². The Morgan fingerprint density at radius 3 is 2.72 bits per heavy atom. The molecule has 0 radical (unpaired) electrons. The highest BCUT2D eigenvalue weighted by Crippen LogP contribution is 2.25. The van der Waals surface area contributed by atoms with Crippen LogP contribution >= 0.6 is 0 Å². The SMILES string of the molecule is CCCc1nc(O)c(-c2ccccc2F)c(=O)[nH]1. The zero-order valence-electron chi connectivity index (χ0n) is 9.90. The van der Waals surface area contributed by atoms with Gasteiger partial charge in [-0.05, 0) is 12.5 Å². The first-order valence-electron chi connectivity index (χ1n) is 5.70. The molecule has 1 aromatic carbocycles. The van der Waals surface area contributed by atoms with Gasteiger partial charge in [0.1, 0.15) is 17.2 Å². The molecule has 94 valence electrons. The second-order valence-corrected chi connectivity index (χ2v) is 3.94. The van der Waals surface area contributed by atoms with Gasteiger partial charge in [0.2, 0.25) is 5.88 Å². The fourth-order valence-electron chi connectivity index (χ4n) is 1.77. The molecule has 0 amide bonds. The van der Waals surface area contributed by atoms with Gasteiger partial charge < -0.3 is 10.1 Å². The highest BCUT2D eigenvalue weighted by molar-refractivity contribution is 5.67. The Hall–Kier alpha value is -2.17. The number of hydrogen-bond donors (Lipinski definition) is 2. The van der Waals surface area contributed by atoms with Crippen molar-refractivity contribution >= 4 is 0 Å². The number of hydrogen-bond acceptors (Lipinski definition) is 3. The summed E-state index contributed by atoms with van der Waals surface area (Å²) in [7, 11) is 0. The number of aromatic nitrogens is 2. The third-order valence-corrected chi connectivity index (χ3v) is 2.58. The fraction of sp³-hybridized carbons (Fsp3) is 0.231. The zero-order valence-corrected chi connectivity index (χ0v) is 9.90. The molecule has 0 atom stereocenters. The Bertz CT molecular complexity index is 623. The van der Waals surface area contributed by atoms with Crippen molar-refractivity contribution in [3.63, 3.8) is 0 Å². The quantitative estimate of drug-likeness (QED) is 0.875. The van der Waals surface area contributed by atoms with Crippen LogP contribution < -0.4 is 5.56 Å². The minimum absolute atomic E-state index is 0.0480. The summed E-state index contributed by atoms with van der Waals surface area (Å²) in [6.07, 6.45) is 1.35. The molecule has 1 heterocycles. The molecule has 5 heteroatoms. The van der Waals surface area contributed by atoms with Crippen molar-refractivity contribution in [2.24, 2.45) is 0 Å². The molecule has 0 saturated carbocycles. The van der Waals surface area contributed by atoms with Gasteiger partial charge in [0, 0.05) is 12.0 Å². The molecule has 1 aromatic heterocycles. The van der Waals surface area contributed by atoms with Crippen molar-refractivity contribution in [2.45, 2.75) is 19.8 Å². The molecule has 18 heavy (non-hydrogen) atoms. The van der Waals surface area contributed by atoms with Gasteiger partial charge in [-0.1, -0.05) is 25.1 Å². The first-order valence-corrected chi connectivity index (χ1v) is 5.70. The average molecular weight is 248 g/mol.